The summed E-state index contributed by atoms with van der Waals surface area (Å²) < 4.78 is 35.8. The molecule has 0 spiro atoms. The van der Waals surface area contributed by atoms with Gasteiger partial charge in [0.2, 0.25) is 10.0 Å². The van der Waals surface area contributed by atoms with E-state index in [4.69, 9.17) is 9.47 Å². The number of rotatable bonds is 8. The van der Waals surface area contributed by atoms with E-state index < -0.39 is 22.0 Å². The summed E-state index contributed by atoms with van der Waals surface area (Å²) >= 11 is 0. The normalized spacial score (nSPS) is 12.4. The topological polar surface area (TPSA) is 97.3 Å². The Morgan fingerprint density at radius 3 is 2.32 bits per heavy atom. The Kier molecular flexibility index (Phi) is 7.00. The molecule has 0 saturated carbocycles. The molecular weight excluding hydrogens is 382 g/mol. The molecule has 9 heteroatoms. The van der Waals surface area contributed by atoms with Crippen LogP contribution >= 0.6 is 0 Å². The van der Waals surface area contributed by atoms with Gasteiger partial charge in [-0.25, -0.2) is 13.8 Å². The molecule has 0 saturated heterocycles. The van der Waals surface area contributed by atoms with Crippen LogP contribution in [0.1, 0.15) is 12.5 Å². The molecule has 0 radical (unpaired) electrons. The fraction of sp³-hybridized carbons (Fsp3) is 0.263. The van der Waals surface area contributed by atoms with Crippen LogP contribution in [0.5, 0.6) is 11.5 Å². The Morgan fingerprint density at radius 1 is 1.11 bits per heavy atom. The molecule has 0 heterocycles. The third-order valence-corrected chi connectivity index (χ3v) is 5.14. The van der Waals surface area contributed by atoms with Gasteiger partial charge in [-0.15, -0.1) is 0 Å². The van der Waals surface area contributed by atoms with Crippen molar-refractivity contribution in [2.45, 2.75) is 13.0 Å². The first-order chi connectivity index (χ1) is 13.3. The molecule has 0 fully saturated rings. The fourth-order valence-corrected chi connectivity index (χ4v) is 3.70. The van der Waals surface area contributed by atoms with Crippen molar-refractivity contribution < 1.29 is 22.7 Å². The first-order valence-electron chi connectivity index (χ1n) is 8.36. The zero-order chi connectivity index (χ0) is 20.7. The van der Waals surface area contributed by atoms with Gasteiger partial charge in [0.15, 0.2) is 0 Å². The number of nitrogens with one attached hydrogen (secondary N) is 1. The first kappa shape index (κ1) is 21.2. The molecule has 0 aromatic heterocycles. The van der Waals surface area contributed by atoms with Gasteiger partial charge in [-0.05, 0) is 48.9 Å². The Labute approximate surface area is 164 Å². The van der Waals surface area contributed by atoms with Gasteiger partial charge in [-0.3, -0.25) is 9.10 Å². The van der Waals surface area contributed by atoms with E-state index in [2.05, 4.69) is 10.5 Å². The number of benzene rings is 2. The molecule has 0 unspecified atom stereocenters. The van der Waals surface area contributed by atoms with E-state index in [9.17, 15) is 13.2 Å². The Morgan fingerprint density at radius 2 is 1.75 bits per heavy atom. The SMILES string of the molecule is COc1ccc(N([C@@H](C)C(=O)N/N=C\c2cccc(OC)c2)S(C)(=O)=O)cc1. The number of nitrogens with zero attached hydrogens (tertiary/aromatic N) is 2. The molecule has 2 aromatic carbocycles. The molecule has 1 amide bonds. The quantitative estimate of drug-likeness (QED) is 0.535. The van der Waals surface area contributed by atoms with Crippen molar-refractivity contribution in [3.63, 3.8) is 0 Å². The maximum Gasteiger partial charge on any atom is 0.263 e. The summed E-state index contributed by atoms with van der Waals surface area (Å²) in [6.07, 6.45) is 2.49. The lowest BCUT2D eigenvalue weighted by molar-refractivity contribution is -0.121. The van der Waals surface area contributed by atoms with Crippen molar-refractivity contribution >= 4 is 27.8 Å². The number of carbonyl (C=O) groups excluding carboxylic acids is 1. The van der Waals surface area contributed by atoms with Gasteiger partial charge in [0, 0.05) is 0 Å². The van der Waals surface area contributed by atoms with Gasteiger partial charge in [0.1, 0.15) is 17.5 Å². The number of hydrazone groups is 1. The van der Waals surface area contributed by atoms with E-state index in [1.165, 1.54) is 20.2 Å². The monoisotopic (exact) mass is 405 g/mol. The summed E-state index contributed by atoms with van der Waals surface area (Å²) in [6.45, 7) is 1.49. The van der Waals surface area contributed by atoms with E-state index in [0.717, 1.165) is 16.1 Å². The van der Waals surface area contributed by atoms with Gasteiger partial charge < -0.3 is 9.47 Å². The van der Waals surface area contributed by atoms with Crippen molar-refractivity contribution in [1.82, 2.24) is 5.43 Å². The van der Waals surface area contributed by atoms with Crippen LogP contribution in [0.2, 0.25) is 0 Å². The summed E-state index contributed by atoms with van der Waals surface area (Å²) in [4.78, 5) is 12.5. The highest BCUT2D eigenvalue weighted by molar-refractivity contribution is 7.92. The summed E-state index contributed by atoms with van der Waals surface area (Å²) in [5.74, 6) is 0.670. The minimum Gasteiger partial charge on any atom is -0.497 e. The van der Waals surface area contributed by atoms with E-state index in [1.54, 1.807) is 55.6 Å². The third kappa shape index (κ3) is 5.46. The standard InChI is InChI=1S/C19H23N3O5S/c1-14(19(23)21-20-13-15-6-5-7-18(12-15)27-3)22(28(4,24)25)16-8-10-17(26-2)11-9-16/h5-14H,1-4H3,(H,21,23)/b20-13-/t14-/m0/s1. The van der Waals surface area contributed by atoms with Crippen molar-refractivity contribution in [3.05, 3.63) is 54.1 Å². The van der Waals surface area contributed by atoms with Crippen LogP contribution in [-0.2, 0) is 14.8 Å². The number of ether oxygens (including phenoxy) is 2. The van der Waals surface area contributed by atoms with Gasteiger partial charge in [-0.1, -0.05) is 12.1 Å². The number of carbonyl (C=O) groups is 1. The number of sulfonamides is 1. The van der Waals surface area contributed by atoms with Crippen LogP contribution < -0.4 is 19.2 Å². The Bertz CT molecular complexity index is 942. The largest absolute Gasteiger partial charge is 0.497 e. The van der Waals surface area contributed by atoms with Gasteiger partial charge in [0.25, 0.3) is 5.91 Å². The third-order valence-electron chi connectivity index (χ3n) is 3.90. The van der Waals surface area contributed by atoms with E-state index >= 15 is 0 Å². The number of amides is 1. The predicted octanol–water partition coefficient (Wildman–Crippen LogP) is 2.01. The van der Waals surface area contributed by atoms with Gasteiger partial charge >= 0.3 is 0 Å². The van der Waals surface area contributed by atoms with Crippen LogP contribution in [-0.4, -0.2) is 47.1 Å². The summed E-state index contributed by atoms with van der Waals surface area (Å²) in [5, 5.41) is 3.90. The van der Waals surface area contributed by atoms with Crippen LogP contribution in [0.4, 0.5) is 5.69 Å². The second-order valence-electron chi connectivity index (χ2n) is 5.94. The molecule has 8 nitrogen and oxygen atoms in total. The van der Waals surface area contributed by atoms with Crippen molar-refractivity contribution in [3.8, 4) is 11.5 Å². The maximum atomic E-state index is 12.5. The second-order valence-corrected chi connectivity index (χ2v) is 7.80. The highest BCUT2D eigenvalue weighted by Crippen LogP contribution is 2.23. The van der Waals surface area contributed by atoms with Crippen molar-refractivity contribution in [1.29, 1.82) is 0 Å². The van der Waals surface area contributed by atoms with Gasteiger partial charge in [0.05, 0.1) is 32.4 Å². The number of anilines is 1. The average Bonchev–Trinajstić information content (AvgIpc) is 2.67. The molecule has 150 valence electrons. The molecule has 0 aliphatic heterocycles. The van der Waals surface area contributed by atoms with Gasteiger partial charge in [-0.2, -0.15) is 5.10 Å². The lowest BCUT2D eigenvalue weighted by Gasteiger charge is -2.27. The number of hydrogen-bond acceptors (Lipinski definition) is 6. The van der Waals surface area contributed by atoms with Crippen molar-refractivity contribution in [2.75, 3.05) is 24.8 Å². The van der Waals surface area contributed by atoms with E-state index in [1.807, 2.05) is 0 Å². The molecule has 1 N–H and O–H groups in total. The zero-order valence-electron chi connectivity index (χ0n) is 16.1. The summed E-state index contributed by atoms with van der Waals surface area (Å²) in [5.41, 5.74) is 3.45. The molecular formula is C19H23N3O5S. The molecule has 28 heavy (non-hydrogen) atoms. The minimum atomic E-state index is -3.70. The summed E-state index contributed by atoms with van der Waals surface area (Å²) in [6, 6.07) is 12.5. The highest BCUT2D eigenvalue weighted by Gasteiger charge is 2.29. The second kappa shape index (κ2) is 9.23. The molecule has 0 bridgehead atoms. The lowest BCUT2D eigenvalue weighted by Crippen LogP contribution is -2.46. The molecule has 0 aliphatic rings. The van der Waals surface area contributed by atoms with E-state index in [0.29, 0.717) is 17.2 Å². The zero-order valence-corrected chi connectivity index (χ0v) is 16.9. The minimum absolute atomic E-state index is 0.350. The average molecular weight is 405 g/mol. The smallest absolute Gasteiger partial charge is 0.263 e. The molecule has 2 rings (SSSR count). The van der Waals surface area contributed by atoms with Crippen LogP contribution in [0.25, 0.3) is 0 Å². The maximum absolute atomic E-state index is 12.5. The van der Waals surface area contributed by atoms with E-state index in [-0.39, 0.29) is 0 Å². The van der Waals surface area contributed by atoms with Crippen molar-refractivity contribution in [2.24, 2.45) is 5.10 Å². The molecule has 0 aliphatic carbocycles. The summed E-state index contributed by atoms with van der Waals surface area (Å²) in [7, 11) is -0.637. The van der Waals surface area contributed by atoms with Crippen LogP contribution in [0.15, 0.2) is 53.6 Å². The lowest BCUT2D eigenvalue weighted by atomic mass is 10.2. The Hall–Kier alpha value is -3.07. The van der Waals surface area contributed by atoms with Crippen LogP contribution in [0, 0.1) is 0 Å². The molecule has 1 atom stereocenters. The van der Waals surface area contributed by atoms with Crippen LogP contribution in [0.3, 0.4) is 0 Å². The Balaban J connectivity index is 2.15. The number of hydrogen-bond donors (Lipinski definition) is 1. The first-order valence-corrected chi connectivity index (χ1v) is 10.2. The predicted molar refractivity (Wildman–Crippen MR) is 109 cm³/mol. The number of methoxy groups -OCH3 is 2. The molecule has 2 aromatic rings. The highest BCUT2D eigenvalue weighted by atomic mass is 32.2. The fourth-order valence-electron chi connectivity index (χ4n) is 2.52.